The summed E-state index contributed by atoms with van der Waals surface area (Å²) in [6.07, 6.45) is 0.287. The second-order valence-electron chi connectivity index (χ2n) is 7.45. The highest BCUT2D eigenvalue weighted by Gasteiger charge is 2.31. The predicted molar refractivity (Wildman–Crippen MR) is 118 cm³/mol. The number of carbonyl (C=O) groups is 1. The Kier molecular flexibility index (Phi) is 5.90. The van der Waals surface area contributed by atoms with Crippen LogP contribution in [0.2, 0.25) is 0 Å². The number of nitrogens with zero attached hydrogens (tertiary/aromatic N) is 1. The smallest absolute Gasteiger partial charge is 0.257 e. The van der Waals surface area contributed by atoms with Gasteiger partial charge in [-0.15, -0.1) is 0 Å². The van der Waals surface area contributed by atoms with Crippen LogP contribution in [0.5, 0.6) is 5.75 Å². The first kappa shape index (κ1) is 20.2. The van der Waals surface area contributed by atoms with Crippen molar-refractivity contribution >= 4 is 23.5 Å². The van der Waals surface area contributed by atoms with Crippen molar-refractivity contribution in [3.63, 3.8) is 0 Å². The first-order chi connectivity index (χ1) is 14.5. The minimum Gasteiger partial charge on any atom is -0.491 e. The van der Waals surface area contributed by atoms with Gasteiger partial charge in [0.2, 0.25) is 5.91 Å². The molecule has 2 N–H and O–H groups in total. The largest absolute Gasteiger partial charge is 0.491 e. The van der Waals surface area contributed by atoms with Crippen molar-refractivity contribution in [1.82, 2.24) is 9.97 Å². The van der Waals surface area contributed by atoms with Gasteiger partial charge in [0.05, 0.1) is 11.7 Å². The molecule has 0 fully saturated rings. The average Bonchev–Trinajstić information content (AvgIpc) is 2.72. The molecule has 30 heavy (non-hydrogen) atoms. The van der Waals surface area contributed by atoms with E-state index in [1.165, 1.54) is 11.8 Å². The number of aromatic nitrogens is 2. The molecule has 1 aliphatic heterocycles. The molecule has 154 valence electrons. The number of rotatable bonds is 6. The number of H-pyrrole nitrogens is 1. The highest BCUT2D eigenvalue weighted by atomic mass is 32.2. The van der Waals surface area contributed by atoms with Crippen molar-refractivity contribution in [3.8, 4) is 5.75 Å². The Morgan fingerprint density at radius 3 is 2.53 bits per heavy atom. The number of nitrogens with one attached hydrogen (secondary N) is 2. The van der Waals surface area contributed by atoms with Gasteiger partial charge in [-0.1, -0.05) is 54.2 Å². The number of carbonyl (C=O) groups excluding carboxylic acids is 1. The predicted octanol–water partition coefficient (Wildman–Crippen LogP) is 4.32. The summed E-state index contributed by atoms with van der Waals surface area (Å²) < 4.78 is 5.69. The Bertz CT molecular complexity index is 1090. The average molecular weight is 422 g/mol. The molecule has 0 spiro atoms. The van der Waals surface area contributed by atoms with E-state index in [1.54, 1.807) is 0 Å². The topological polar surface area (TPSA) is 84.1 Å². The van der Waals surface area contributed by atoms with Gasteiger partial charge in [0.15, 0.2) is 5.16 Å². The van der Waals surface area contributed by atoms with Crippen LogP contribution < -0.4 is 15.6 Å². The Hall–Kier alpha value is -3.06. The normalized spacial score (nSPS) is 15.6. The number of anilines is 1. The Balaban J connectivity index is 1.61. The molecule has 0 saturated carbocycles. The van der Waals surface area contributed by atoms with Crippen LogP contribution in [0.4, 0.5) is 5.82 Å². The summed E-state index contributed by atoms with van der Waals surface area (Å²) in [7, 11) is 0. The maximum Gasteiger partial charge on any atom is 0.257 e. The van der Waals surface area contributed by atoms with Crippen molar-refractivity contribution in [3.05, 3.63) is 81.6 Å². The fraction of sp³-hybridized carbons (Fsp3) is 0.261. The highest BCUT2D eigenvalue weighted by molar-refractivity contribution is 7.98. The number of benzene rings is 2. The van der Waals surface area contributed by atoms with E-state index in [9.17, 15) is 9.59 Å². The fourth-order valence-electron chi connectivity index (χ4n) is 3.48. The van der Waals surface area contributed by atoms with E-state index in [1.807, 2.05) is 68.4 Å². The quantitative estimate of drug-likeness (QED) is 0.457. The number of hydrogen-bond donors (Lipinski definition) is 2. The molecule has 2 heterocycles. The minimum atomic E-state index is -0.341. The second-order valence-corrected chi connectivity index (χ2v) is 8.41. The van der Waals surface area contributed by atoms with Crippen molar-refractivity contribution in [1.29, 1.82) is 0 Å². The van der Waals surface area contributed by atoms with Crippen molar-refractivity contribution in [2.75, 3.05) is 5.32 Å². The first-order valence-corrected chi connectivity index (χ1v) is 10.9. The van der Waals surface area contributed by atoms with Gasteiger partial charge in [0.25, 0.3) is 5.56 Å². The molecule has 1 atom stereocenters. The Labute approximate surface area is 179 Å². The molecule has 0 saturated heterocycles. The molecule has 7 heteroatoms. The van der Waals surface area contributed by atoms with Crippen LogP contribution in [0, 0.1) is 0 Å². The minimum absolute atomic E-state index is 0.0795. The lowest BCUT2D eigenvalue weighted by Gasteiger charge is -2.24. The third-order valence-electron chi connectivity index (χ3n) is 4.80. The zero-order chi connectivity index (χ0) is 21.1. The second kappa shape index (κ2) is 8.75. The standard InChI is InChI=1S/C23H23N3O3S/c1-14(2)29-17-10-8-16(9-11-17)18-12-19(27)24-21-20(18)22(28)26-23(25-21)30-13-15-6-4-3-5-7-15/h3-11,14,18H,12-13H2,1-2H3,(H2,24,25,26,27,28)/t18-/m1/s1. The number of aromatic amines is 1. The third-order valence-corrected chi connectivity index (χ3v) is 5.75. The maximum atomic E-state index is 12.9. The van der Waals surface area contributed by atoms with Crippen LogP contribution in [0.25, 0.3) is 0 Å². The summed E-state index contributed by atoms with van der Waals surface area (Å²) >= 11 is 1.43. The van der Waals surface area contributed by atoms with E-state index < -0.39 is 0 Å². The summed E-state index contributed by atoms with van der Waals surface area (Å²) in [5.41, 5.74) is 2.30. The molecule has 4 rings (SSSR count). The summed E-state index contributed by atoms with van der Waals surface area (Å²) in [5.74, 6) is 1.29. The van der Waals surface area contributed by atoms with Gasteiger partial charge >= 0.3 is 0 Å². The number of thioether (sulfide) groups is 1. The summed E-state index contributed by atoms with van der Waals surface area (Å²) in [5, 5.41) is 3.26. The molecule has 0 radical (unpaired) electrons. The van der Waals surface area contributed by atoms with E-state index in [0.717, 1.165) is 16.9 Å². The van der Waals surface area contributed by atoms with Gasteiger partial charge in [0, 0.05) is 18.1 Å². The first-order valence-electron chi connectivity index (χ1n) is 9.87. The lowest BCUT2D eigenvalue weighted by Crippen LogP contribution is -2.31. The molecule has 0 aliphatic carbocycles. The highest BCUT2D eigenvalue weighted by Crippen LogP contribution is 2.35. The number of hydrogen-bond acceptors (Lipinski definition) is 5. The van der Waals surface area contributed by atoms with Crippen LogP contribution in [0.3, 0.4) is 0 Å². The van der Waals surface area contributed by atoms with E-state index in [0.29, 0.717) is 22.3 Å². The van der Waals surface area contributed by atoms with Crippen molar-refractivity contribution in [2.45, 2.75) is 43.2 Å². The molecule has 0 bridgehead atoms. The van der Waals surface area contributed by atoms with Gasteiger partial charge in [-0.3, -0.25) is 9.59 Å². The number of amides is 1. The number of fused-ring (bicyclic) bond motifs is 1. The van der Waals surface area contributed by atoms with E-state index >= 15 is 0 Å². The maximum absolute atomic E-state index is 12.9. The molecule has 2 aromatic carbocycles. The van der Waals surface area contributed by atoms with Crippen LogP contribution in [-0.2, 0) is 10.5 Å². The van der Waals surface area contributed by atoms with Crippen LogP contribution in [0.1, 0.15) is 42.9 Å². The van der Waals surface area contributed by atoms with Gasteiger partial charge in [0.1, 0.15) is 11.6 Å². The summed E-state index contributed by atoms with van der Waals surface area (Å²) in [4.78, 5) is 32.6. The van der Waals surface area contributed by atoms with Crippen molar-refractivity contribution in [2.24, 2.45) is 0 Å². The van der Waals surface area contributed by atoms with Gasteiger partial charge < -0.3 is 15.0 Å². The molecule has 1 aliphatic rings. The Morgan fingerprint density at radius 1 is 1.10 bits per heavy atom. The molecule has 6 nitrogen and oxygen atoms in total. The molecule has 3 aromatic rings. The molecule has 1 amide bonds. The third kappa shape index (κ3) is 4.57. The van der Waals surface area contributed by atoms with Gasteiger partial charge in [-0.2, -0.15) is 0 Å². The molecular weight excluding hydrogens is 398 g/mol. The van der Waals surface area contributed by atoms with E-state index in [4.69, 9.17) is 4.74 Å². The Morgan fingerprint density at radius 2 is 1.83 bits per heavy atom. The van der Waals surface area contributed by atoms with Gasteiger partial charge in [-0.25, -0.2) is 4.98 Å². The van der Waals surface area contributed by atoms with Crippen LogP contribution in [0.15, 0.2) is 64.5 Å². The fourth-order valence-corrected chi connectivity index (χ4v) is 4.30. The zero-order valence-electron chi connectivity index (χ0n) is 16.8. The van der Waals surface area contributed by atoms with Crippen molar-refractivity contribution < 1.29 is 9.53 Å². The molecule has 1 aromatic heterocycles. The van der Waals surface area contributed by atoms with E-state index in [2.05, 4.69) is 15.3 Å². The summed E-state index contributed by atoms with van der Waals surface area (Å²) in [6.45, 7) is 3.93. The SMILES string of the molecule is CC(C)Oc1ccc([C@H]2CC(=O)Nc3nc(SCc4ccccc4)[nH]c(=O)c32)cc1. The van der Waals surface area contributed by atoms with Crippen LogP contribution >= 0.6 is 11.8 Å². The molecular formula is C23H23N3O3S. The monoisotopic (exact) mass is 421 g/mol. The van der Waals surface area contributed by atoms with Gasteiger partial charge in [-0.05, 0) is 37.1 Å². The summed E-state index contributed by atoms with van der Waals surface area (Å²) in [6, 6.07) is 17.5. The van der Waals surface area contributed by atoms with Crippen LogP contribution in [-0.4, -0.2) is 22.0 Å². The lowest BCUT2D eigenvalue weighted by atomic mass is 9.87. The lowest BCUT2D eigenvalue weighted by molar-refractivity contribution is -0.116. The molecule has 0 unspecified atom stereocenters. The number of ether oxygens (including phenoxy) is 1. The zero-order valence-corrected chi connectivity index (χ0v) is 17.7. The van der Waals surface area contributed by atoms with E-state index in [-0.39, 0.29) is 29.9 Å².